The molecular formula is C8H11F5O4S. The third-order valence-corrected chi connectivity index (χ3v) is 2.88. The largest absolute Gasteiger partial charge is 0.421 e. The van der Waals surface area contributed by atoms with Crippen molar-refractivity contribution in [2.45, 2.75) is 37.5 Å². The minimum Gasteiger partial charge on any atom is -0.355 e. The summed E-state index contributed by atoms with van der Waals surface area (Å²) in [5.74, 6) is 0. The zero-order chi connectivity index (χ0) is 14.9. The third kappa shape index (κ3) is 3.89. The van der Waals surface area contributed by atoms with Gasteiger partial charge in [-0.25, -0.2) is 0 Å². The van der Waals surface area contributed by atoms with Crippen molar-refractivity contribution in [3.8, 4) is 0 Å². The highest BCUT2D eigenvalue weighted by Gasteiger charge is 2.64. The molecule has 0 aromatic heterocycles. The first-order valence-corrected chi connectivity index (χ1v) is 5.87. The van der Waals surface area contributed by atoms with Crippen LogP contribution in [0.15, 0.2) is 12.2 Å². The third-order valence-electron chi connectivity index (χ3n) is 1.98. The van der Waals surface area contributed by atoms with E-state index < -0.39 is 33.8 Å². The van der Waals surface area contributed by atoms with Gasteiger partial charge < -0.3 is 4.74 Å². The minimum absolute atomic E-state index is 0.0182. The predicted molar refractivity (Wildman–Crippen MR) is 51.7 cm³/mol. The summed E-state index contributed by atoms with van der Waals surface area (Å²) in [5.41, 5.74) is -0.0182. The summed E-state index contributed by atoms with van der Waals surface area (Å²) < 4.78 is 95.8. The highest BCUT2D eigenvalue weighted by molar-refractivity contribution is 7.86. The molecule has 4 nitrogen and oxygen atoms in total. The molecule has 0 aliphatic carbocycles. The number of hydrogen-bond acceptors (Lipinski definition) is 3. The van der Waals surface area contributed by atoms with Crippen molar-refractivity contribution in [3.05, 3.63) is 12.2 Å². The maximum absolute atomic E-state index is 13.0. The van der Waals surface area contributed by atoms with Crippen molar-refractivity contribution in [3.63, 3.8) is 0 Å². The lowest BCUT2D eigenvalue weighted by atomic mass is 10.2. The zero-order valence-corrected chi connectivity index (χ0v) is 10.1. The Hall–Kier alpha value is -0.740. The van der Waals surface area contributed by atoms with E-state index in [0.717, 1.165) is 6.92 Å². The highest BCUT2D eigenvalue weighted by atomic mass is 32.2. The van der Waals surface area contributed by atoms with E-state index in [4.69, 9.17) is 4.55 Å². The van der Waals surface area contributed by atoms with Crippen LogP contribution >= 0.6 is 0 Å². The topological polar surface area (TPSA) is 63.6 Å². The van der Waals surface area contributed by atoms with Gasteiger partial charge in [-0.1, -0.05) is 12.2 Å². The molecule has 0 fully saturated rings. The van der Waals surface area contributed by atoms with E-state index in [2.05, 4.69) is 11.3 Å². The SMILES string of the molecule is C=C(C)C(C)OC(C(F)(F)F)C(F)(F)S(=O)(=O)O. The smallest absolute Gasteiger partial charge is 0.355 e. The molecule has 0 saturated carbocycles. The van der Waals surface area contributed by atoms with Crippen LogP contribution in [-0.4, -0.2) is 36.6 Å². The van der Waals surface area contributed by atoms with Crippen LogP contribution < -0.4 is 0 Å². The van der Waals surface area contributed by atoms with Gasteiger partial charge >= 0.3 is 21.5 Å². The first-order valence-electron chi connectivity index (χ1n) is 4.43. The van der Waals surface area contributed by atoms with E-state index >= 15 is 0 Å². The van der Waals surface area contributed by atoms with E-state index in [-0.39, 0.29) is 5.57 Å². The van der Waals surface area contributed by atoms with Crippen LogP contribution in [0.25, 0.3) is 0 Å². The number of halogens is 5. The molecule has 2 unspecified atom stereocenters. The molecule has 0 rings (SSSR count). The average molecular weight is 298 g/mol. The zero-order valence-electron chi connectivity index (χ0n) is 9.33. The van der Waals surface area contributed by atoms with Crippen LogP contribution in [0, 0.1) is 0 Å². The lowest BCUT2D eigenvalue weighted by Gasteiger charge is -2.29. The van der Waals surface area contributed by atoms with Crippen molar-refractivity contribution >= 4 is 10.1 Å². The van der Waals surface area contributed by atoms with E-state index in [1.807, 2.05) is 0 Å². The van der Waals surface area contributed by atoms with Crippen LogP contribution in [0.4, 0.5) is 22.0 Å². The summed E-state index contributed by atoms with van der Waals surface area (Å²) in [7, 11) is -6.26. The second kappa shape index (κ2) is 5.10. The average Bonchev–Trinajstić information content (AvgIpc) is 2.09. The molecule has 0 radical (unpaired) electrons. The van der Waals surface area contributed by atoms with Gasteiger partial charge in [-0.15, -0.1) is 0 Å². The lowest BCUT2D eigenvalue weighted by molar-refractivity contribution is -0.271. The normalized spacial score (nSPS) is 17.3. The highest BCUT2D eigenvalue weighted by Crippen LogP contribution is 2.38. The van der Waals surface area contributed by atoms with Crippen LogP contribution in [0.5, 0.6) is 0 Å². The van der Waals surface area contributed by atoms with Crippen LogP contribution in [0.3, 0.4) is 0 Å². The van der Waals surface area contributed by atoms with Gasteiger partial charge in [-0.3, -0.25) is 4.55 Å². The molecule has 1 N–H and O–H groups in total. The Morgan fingerprint density at radius 2 is 1.67 bits per heavy atom. The Kier molecular flexibility index (Phi) is 4.89. The lowest BCUT2D eigenvalue weighted by Crippen LogP contribution is -2.52. The van der Waals surface area contributed by atoms with Gasteiger partial charge in [0.05, 0.1) is 6.10 Å². The molecule has 0 aromatic rings. The van der Waals surface area contributed by atoms with Gasteiger partial charge in [0.2, 0.25) is 6.10 Å². The van der Waals surface area contributed by atoms with E-state index in [1.165, 1.54) is 6.92 Å². The maximum Gasteiger partial charge on any atom is 0.421 e. The van der Waals surface area contributed by atoms with E-state index in [9.17, 15) is 30.4 Å². The second-order valence-electron chi connectivity index (χ2n) is 3.58. The fourth-order valence-electron chi connectivity index (χ4n) is 0.802. The predicted octanol–water partition coefficient (Wildman–Crippen LogP) is 2.38. The van der Waals surface area contributed by atoms with Gasteiger partial charge in [0.15, 0.2) is 0 Å². The van der Waals surface area contributed by atoms with Crippen LogP contribution in [0.2, 0.25) is 0 Å². The summed E-state index contributed by atoms with van der Waals surface area (Å²) in [6.07, 6.45) is -11.1. The quantitative estimate of drug-likeness (QED) is 0.481. The van der Waals surface area contributed by atoms with Crippen LogP contribution in [-0.2, 0) is 14.9 Å². The van der Waals surface area contributed by atoms with Crippen molar-refractivity contribution in [2.24, 2.45) is 0 Å². The Morgan fingerprint density at radius 1 is 1.28 bits per heavy atom. The van der Waals surface area contributed by atoms with Gasteiger partial charge in [-0.2, -0.15) is 30.4 Å². The molecule has 0 aliphatic rings. The van der Waals surface area contributed by atoms with E-state index in [1.54, 1.807) is 0 Å². The Morgan fingerprint density at radius 3 is 1.89 bits per heavy atom. The van der Waals surface area contributed by atoms with Crippen molar-refractivity contribution < 1.29 is 39.7 Å². The van der Waals surface area contributed by atoms with Gasteiger partial charge in [0, 0.05) is 0 Å². The summed E-state index contributed by atoms with van der Waals surface area (Å²) >= 11 is 0. The molecule has 0 amide bonds. The molecule has 2 atom stereocenters. The Balaban J connectivity index is 5.48. The molecular weight excluding hydrogens is 287 g/mol. The van der Waals surface area contributed by atoms with Crippen molar-refractivity contribution in [1.82, 2.24) is 0 Å². The molecule has 0 aliphatic heterocycles. The fraction of sp³-hybridized carbons (Fsp3) is 0.750. The second-order valence-corrected chi connectivity index (χ2v) is 5.08. The summed E-state index contributed by atoms with van der Waals surface area (Å²) in [6, 6.07) is 0. The molecule has 10 heteroatoms. The van der Waals surface area contributed by atoms with Gasteiger partial charge in [0.25, 0.3) is 0 Å². The standard InChI is InChI=1S/C8H11F5O4S/c1-4(2)5(3)17-6(7(9,10)11)8(12,13)18(14,15)16/h5-6H,1H2,2-3H3,(H,14,15,16). The van der Waals surface area contributed by atoms with Gasteiger partial charge in [-0.05, 0) is 13.8 Å². The van der Waals surface area contributed by atoms with Gasteiger partial charge in [0.1, 0.15) is 0 Å². The summed E-state index contributed by atoms with van der Waals surface area (Å²) in [4.78, 5) is 0. The molecule has 0 saturated heterocycles. The minimum atomic E-state index is -6.26. The van der Waals surface area contributed by atoms with E-state index in [0.29, 0.717) is 0 Å². The molecule has 0 spiro atoms. The first kappa shape index (κ1) is 17.3. The molecule has 18 heavy (non-hydrogen) atoms. The van der Waals surface area contributed by atoms with Crippen LogP contribution in [0.1, 0.15) is 13.8 Å². The molecule has 108 valence electrons. The number of hydrogen-bond donors (Lipinski definition) is 1. The summed E-state index contributed by atoms with van der Waals surface area (Å²) in [5, 5.41) is -5.50. The summed E-state index contributed by atoms with van der Waals surface area (Å²) in [6.45, 7) is 5.38. The van der Waals surface area contributed by atoms with Crippen molar-refractivity contribution in [2.75, 3.05) is 0 Å². The fourth-order valence-corrected chi connectivity index (χ4v) is 1.26. The number of rotatable bonds is 5. The number of alkyl halides is 5. The monoisotopic (exact) mass is 298 g/mol. The number of ether oxygens (including phenoxy) is 1. The first-order chi connectivity index (χ1) is 7.71. The molecule has 0 aromatic carbocycles. The Bertz CT molecular complexity index is 414. The molecule has 0 bridgehead atoms. The molecule has 0 heterocycles. The van der Waals surface area contributed by atoms with Crippen molar-refractivity contribution in [1.29, 1.82) is 0 Å². The Labute approximate surface area is 100 Å². The maximum atomic E-state index is 13.0.